The first-order valence-electron chi connectivity index (χ1n) is 9.80. The van der Waals surface area contributed by atoms with Gasteiger partial charge in [-0.15, -0.1) is 0 Å². The van der Waals surface area contributed by atoms with Crippen molar-refractivity contribution >= 4 is 0 Å². The maximum Gasteiger partial charge on any atom is 0.241 e. The summed E-state index contributed by atoms with van der Waals surface area (Å²) in [5.74, 6) is 1.41. The van der Waals surface area contributed by atoms with Gasteiger partial charge in [0.2, 0.25) is 11.7 Å². The van der Waals surface area contributed by atoms with Gasteiger partial charge in [0.05, 0.1) is 19.8 Å². The van der Waals surface area contributed by atoms with Crippen molar-refractivity contribution < 1.29 is 9.26 Å². The van der Waals surface area contributed by atoms with Crippen LogP contribution in [0.2, 0.25) is 0 Å². The van der Waals surface area contributed by atoms with E-state index in [1.54, 1.807) is 0 Å². The van der Waals surface area contributed by atoms with Crippen LogP contribution in [0.25, 0.3) is 11.4 Å². The normalized spacial score (nSPS) is 22.5. The fraction of sp³-hybridized carbons (Fsp3) is 0.600. The molecule has 0 spiro atoms. The summed E-state index contributed by atoms with van der Waals surface area (Å²) < 4.78 is 11.0. The lowest BCUT2D eigenvalue weighted by molar-refractivity contribution is 0.0294. The van der Waals surface area contributed by atoms with Gasteiger partial charge in [0.25, 0.3) is 0 Å². The minimum absolute atomic E-state index is 0.610. The number of hydrogen-bond acceptors (Lipinski definition) is 6. The van der Waals surface area contributed by atoms with Crippen molar-refractivity contribution in [1.82, 2.24) is 19.9 Å². The van der Waals surface area contributed by atoms with Crippen LogP contribution in [0.5, 0.6) is 0 Å². The average Bonchev–Trinajstić information content (AvgIpc) is 3.17. The molecular formula is C20H28N4O2. The largest absolute Gasteiger partial charge is 0.379 e. The van der Waals surface area contributed by atoms with Crippen molar-refractivity contribution in [2.24, 2.45) is 0 Å². The molecule has 0 bridgehead atoms. The van der Waals surface area contributed by atoms with Gasteiger partial charge in [-0.05, 0) is 32.4 Å². The van der Waals surface area contributed by atoms with Crippen molar-refractivity contribution in [1.29, 1.82) is 0 Å². The van der Waals surface area contributed by atoms with Gasteiger partial charge in [0.1, 0.15) is 0 Å². The zero-order valence-corrected chi connectivity index (χ0v) is 15.3. The molecule has 1 aromatic carbocycles. The number of piperidine rings is 1. The molecular weight excluding hydrogens is 328 g/mol. The van der Waals surface area contributed by atoms with Crippen molar-refractivity contribution in [3.63, 3.8) is 0 Å². The van der Waals surface area contributed by atoms with E-state index in [2.05, 4.69) is 19.9 Å². The first-order chi connectivity index (χ1) is 12.9. The minimum Gasteiger partial charge on any atom is -0.379 e. The van der Waals surface area contributed by atoms with Crippen LogP contribution in [0, 0.1) is 0 Å². The fourth-order valence-corrected chi connectivity index (χ4v) is 3.95. The number of ether oxygens (including phenoxy) is 1. The van der Waals surface area contributed by atoms with Crippen molar-refractivity contribution in [2.45, 2.75) is 38.3 Å². The van der Waals surface area contributed by atoms with E-state index >= 15 is 0 Å². The highest BCUT2D eigenvalue weighted by molar-refractivity contribution is 5.53. The lowest BCUT2D eigenvalue weighted by Crippen LogP contribution is -2.43. The van der Waals surface area contributed by atoms with Gasteiger partial charge in [0, 0.05) is 24.7 Å². The Morgan fingerprint density at radius 2 is 1.88 bits per heavy atom. The number of nitrogens with zero attached hydrogens (tertiary/aromatic N) is 4. The van der Waals surface area contributed by atoms with E-state index in [0.29, 0.717) is 11.9 Å². The van der Waals surface area contributed by atoms with Gasteiger partial charge < -0.3 is 9.26 Å². The Kier molecular flexibility index (Phi) is 5.94. The zero-order valence-electron chi connectivity index (χ0n) is 15.3. The molecule has 2 aromatic rings. The van der Waals surface area contributed by atoms with Crippen molar-refractivity contribution in [2.75, 3.05) is 39.4 Å². The molecule has 140 valence electrons. The highest BCUT2D eigenvalue weighted by Crippen LogP contribution is 2.23. The van der Waals surface area contributed by atoms with Gasteiger partial charge in [0.15, 0.2) is 0 Å². The molecule has 2 saturated heterocycles. The summed E-state index contributed by atoms with van der Waals surface area (Å²) >= 11 is 0. The highest BCUT2D eigenvalue weighted by Gasteiger charge is 2.25. The molecule has 2 aliphatic heterocycles. The highest BCUT2D eigenvalue weighted by atomic mass is 16.5. The summed E-state index contributed by atoms with van der Waals surface area (Å²) in [6, 6.07) is 10.6. The quantitative estimate of drug-likeness (QED) is 0.793. The van der Waals surface area contributed by atoms with Gasteiger partial charge in [-0.1, -0.05) is 41.9 Å². The molecule has 1 atom stereocenters. The van der Waals surface area contributed by atoms with E-state index in [4.69, 9.17) is 9.26 Å². The Morgan fingerprint density at radius 1 is 1.04 bits per heavy atom. The van der Waals surface area contributed by atoms with Gasteiger partial charge in [-0.3, -0.25) is 9.80 Å². The SMILES string of the molecule is c1ccc(-c2noc(CN3CCCCC3CCN3CCOCC3)n2)cc1. The second kappa shape index (κ2) is 8.75. The summed E-state index contributed by atoms with van der Waals surface area (Å²) in [4.78, 5) is 9.67. The molecule has 26 heavy (non-hydrogen) atoms. The number of morpholine rings is 1. The third kappa shape index (κ3) is 4.50. The average molecular weight is 356 g/mol. The van der Waals surface area contributed by atoms with Crippen LogP contribution in [0.15, 0.2) is 34.9 Å². The second-order valence-electron chi connectivity index (χ2n) is 7.24. The van der Waals surface area contributed by atoms with E-state index in [1.807, 2.05) is 30.3 Å². The Morgan fingerprint density at radius 3 is 2.73 bits per heavy atom. The van der Waals surface area contributed by atoms with Crippen LogP contribution in [0.4, 0.5) is 0 Å². The van der Waals surface area contributed by atoms with Crippen LogP contribution in [0.1, 0.15) is 31.6 Å². The topological polar surface area (TPSA) is 54.6 Å². The molecule has 4 rings (SSSR count). The molecule has 1 aromatic heterocycles. The van der Waals surface area contributed by atoms with Crippen molar-refractivity contribution in [3.8, 4) is 11.4 Å². The smallest absolute Gasteiger partial charge is 0.241 e. The molecule has 1 unspecified atom stereocenters. The molecule has 2 fully saturated rings. The van der Waals surface area contributed by atoms with Gasteiger partial charge >= 0.3 is 0 Å². The first-order valence-corrected chi connectivity index (χ1v) is 9.80. The number of likely N-dealkylation sites (tertiary alicyclic amines) is 1. The minimum atomic E-state index is 0.610. The maximum atomic E-state index is 5.53. The molecule has 6 heteroatoms. The lowest BCUT2D eigenvalue weighted by atomic mass is 9.99. The number of aromatic nitrogens is 2. The van der Waals surface area contributed by atoms with E-state index in [1.165, 1.54) is 25.7 Å². The van der Waals surface area contributed by atoms with Gasteiger partial charge in [-0.2, -0.15) is 4.98 Å². The predicted molar refractivity (Wildman–Crippen MR) is 99.7 cm³/mol. The molecule has 3 heterocycles. The Labute approximate surface area is 155 Å². The van der Waals surface area contributed by atoms with Gasteiger partial charge in [-0.25, -0.2) is 0 Å². The number of benzene rings is 1. The Bertz CT molecular complexity index is 669. The first kappa shape index (κ1) is 17.6. The third-order valence-corrected chi connectivity index (χ3v) is 5.47. The molecule has 0 amide bonds. The van der Waals surface area contributed by atoms with E-state index < -0.39 is 0 Å². The maximum absolute atomic E-state index is 5.53. The van der Waals surface area contributed by atoms with Crippen LogP contribution in [-0.4, -0.2) is 65.4 Å². The van der Waals surface area contributed by atoms with Crippen LogP contribution < -0.4 is 0 Å². The van der Waals surface area contributed by atoms with E-state index in [9.17, 15) is 0 Å². The summed E-state index contributed by atoms with van der Waals surface area (Å²) in [7, 11) is 0. The summed E-state index contributed by atoms with van der Waals surface area (Å²) in [5.41, 5.74) is 1.00. The third-order valence-electron chi connectivity index (χ3n) is 5.47. The fourth-order valence-electron chi connectivity index (χ4n) is 3.95. The Balaban J connectivity index is 1.35. The monoisotopic (exact) mass is 356 g/mol. The van der Waals surface area contributed by atoms with E-state index in [0.717, 1.165) is 57.4 Å². The molecule has 6 nitrogen and oxygen atoms in total. The Hall–Kier alpha value is -1.76. The molecule has 2 aliphatic rings. The van der Waals surface area contributed by atoms with Crippen LogP contribution in [-0.2, 0) is 11.3 Å². The molecule has 0 radical (unpaired) electrons. The zero-order chi connectivity index (χ0) is 17.6. The molecule has 0 saturated carbocycles. The summed E-state index contributed by atoms with van der Waals surface area (Å²) in [6.45, 7) is 6.92. The summed E-state index contributed by atoms with van der Waals surface area (Å²) in [5, 5.41) is 4.16. The van der Waals surface area contributed by atoms with Crippen LogP contribution in [0.3, 0.4) is 0 Å². The van der Waals surface area contributed by atoms with E-state index in [-0.39, 0.29) is 0 Å². The second-order valence-corrected chi connectivity index (χ2v) is 7.24. The summed E-state index contributed by atoms with van der Waals surface area (Å²) in [6.07, 6.45) is 5.06. The molecule has 0 N–H and O–H groups in total. The molecule has 0 aliphatic carbocycles. The standard InChI is InChI=1S/C20H28N4O2/c1-2-6-17(7-3-1)20-21-19(26-22-20)16-24-10-5-4-8-18(24)9-11-23-12-14-25-15-13-23/h1-3,6-7,18H,4-5,8-16H2. The number of rotatable bonds is 6. The van der Waals surface area contributed by atoms with Crippen LogP contribution >= 0.6 is 0 Å². The van der Waals surface area contributed by atoms with Crippen molar-refractivity contribution in [3.05, 3.63) is 36.2 Å². The lowest BCUT2D eigenvalue weighted by Gasteiger charge is -2.36. The predicted octanol–water partition coefficient (Wildman–Crippen LogP) is 2.81. The number of hydrogen-bond donors (Lipinski definition) is 0.